The monoisotopic (exact) mass is 241 g/mol. The highest BCUT2D eigenvalue weighted by Gasteiger charge is 2.25. The van der Waals surface area contributed by atoms with Gasteiger partial charge in [0.25, 0.3) is 0 Å². The van der Waals surface area contributed by atoms with Crippen molar-refractivity contribution in [3.63, 3.8) is 0 Å². The number of rotatable bonds is 4. The van der Waals surface area contributed by atoms with Crippen LogP contribution in [-0.2, 0) is 0 Å². The minimum Gasteiger partial charge on any atom is -0.324 e. The second kappa shape index (κ2) is 4.58. The van der Waals surface area contributed by atoms with Crippen LogP contribution in [0.5, 0.6) is 0 Å². The topological polar surface area (TPSA) is 43.8 Å². The highest BCUT2D eigenvalue weighted by molar-refractivity contribution is 5.35. The van der Waals surface area contributed by atoms with E-state index in [2.05, 4.69) is 42.4 Å². The molecule has 1 saturated carbocycles. The number of nitrogens with two attached hydrogens (primary N) is 1. The summed E-state index contributed by atoms with van der Waals surface area (Å²) in [5.74, 6) is 0.707. The molecule has 1 aliphatic carbocycles. The van der Waals surface area contributed by atoms with Gasteiger partial charge < -0.3 is 5.73 Å². The summed E-state index contributed by atoms with van der Waals surface area (Å²) < 4.78 is 1.95. The van der Waals surface area contributed by atoms with Gasteiger partial charge in [0.2, 0.25) is 0 Å². The minimum atomic E-state index is 0.138. The zero-order chi connectivity index (χ0) is 12.5. The summed E-state index contributed by atoms with van der Waals surface area (Å²) in [6.07, 6.45) is 5.60. The molecule has 1 aromatic heterocycles. The molecule has 94 valence electrons. The number of nitrogens with zero attached hydrogens (tertiary/aromatic N) is 2. The van der Waals surface area contributed by atoms with Gasteiger partial charge in [-0.25, -0.2) is 4.68 Å². The third-order valence-electron chi connectivity index (χ3n) is 3.63. The molecule has 0 saturated heterocycles. The first kappa shape index (κ1) is 11.5. The summed E-state index contributed by atoms with van der Waals surface area (Å²) in [5.41, 5.74) is 9.54. The van der Waals surface area contributed by atoms with E-state index in [1.165, 1.54) is 24.1 Å². The molecule has 3 nitrogen and oxygen atoms in total. The lowest BCUT2D eigenvalue weighted by molar-refractivity contribution is 0.698. The Bertz CT molecular complexity index is 523. The maximum atomic E-state index is 6.01. The van der Waals surface area contributed by atoms with Gasteiger partial charge in [0.15, 0.2) is 0 Å². The first-order chi connectivity index (χ1) is 8.78. The maximum absolute atomic E-state index is 6.01. The van der Waals surface area contributed by atoms with Crippen LogP contribution < -0.4 is 5.73 Å². The second-order valence-corrected chi connectivity index (χ2v) is 5.07. The molecule has 1 aliphatic rings. The average molecular weight is 241 g/mol. The lowest BCUT2D eigenvalue weighted by Gasteiger charge is -2.09. The standard InChI is InChI=1S/C15H19N3/c1-2-14(16)11-5-7-13(8-6-11)18-10-9-15(17-18)12-3-4-12/h5-10,12,14H,2-4,16H2,1H3/t14-/m1/s1. The smallest absolute Gasteiger partial charge is 0.0659 e. The fraction of sp³-hybridized carbons (Fsp3) is 0.400. The molecule has 0 aliphatic heterocycles. The third-order valence-corrected chi connectivity index (χ3v) is 3.63. The van der Waals surface area contributed by atoms with Gasteiger partial charge in [0.05, 0.1) is 11.4 Å². The summed E-state index contributed by atoms with van der Waals surface area (Å²) in [7, 11) is 0. The number of hydrogen-bond donors (Lipinski definition) is 1. The molecule has 3 heteroatoms. The molecule has 1 aromatic carbocycles. The van der Waals surface area contributed by atoms with Gasteiger partial charge in [-0.15, -0.1) is 0 Å². The highest BCUT2D eigenvalue weighted by Crippen LogP contribution is 2.39. The van der Waals surface area contributed by atoms with Crippen LogP contribution in [0.3, 0.4) is 0 Å². The first-order valence-electron chi connectivity index (χ1n) is 6.69. The van der Waals surface area contributed by atoms with E-state index >= 15 is 0 Å². The van der Waals surface area contributed by atoms with Crippen molar-refractivity contribution in [1.82, 2.24) is 9.78 Å². The van der Waals surface area contributed by atoms with Crippen molar-refractivity contribution in [1.29, 1.82) is 0 Å². The maximum Gasteiger partial charge on any atom is 0.0659 e. The number of benzene rings is 1. The van der Waals surface area contributed by atoms with Crippen LogP contribution in [0.25, 0.3) is 5.69 Å². The first-order valence-corrected chi connectivity index (χ1v) is 6.69. The molecule has 2 N–H and O–H groups in total. The van der Waals surface area contributed by atoms with Crippen molar-refractivity contribution >= 4 is 0 Å². The van der Waals surface area contributed by atoms with Gasteiger partial charge in [0, 0.05) is 18.2 Å². The number of hydrogen-bond acceptors (Lipinski definition) is 2. The minimum absolute atomic E-state index is 0.138. The van der Waals surface area contributed by atoms with E-state index in [0.29, 0.717) is 5.92 Å². The molecular formula is C15H19N3. The largest absolute Gasteiger partial charge is 0.324 e. The molecule has 0 amide bonds. The van der Waals surface area contributed by atoms with Gasteiger partial charge in [-0.1, -0.05) is 19.1 Å². The highest BCUT2D eigenvalue weighted by atomic mass is 15.3. The molecule has 1 heterocycles. The van der Waals surface area contributed by atoms with Crippen LogP contribution in [0.15, 0.2) is 36.5 Å². The van der Waals surface area contributed by atoms with Crippen LogP contribution >= 0.6 is 0 Å². The summed E-state index contributed by atoms with van der Waals surface area (Å²) in [6, 6.07) is 10.6. The van der Waals surface area contributed by atoms with Crippen LogP contribution in [-0.4, -0.2) is 9.78 Å². The lowest BCUT2D eigenvalue weighted by Crippen LogP contribution is -2.08. The molecule has 0 spiro atoms. The lowest BCUT2D eigenvalue weighted by atomic mass is 10.1. The van der Waals surface area contributed by atoms with Gasteiger partial charge in [0.1, 0.15) is 0 Å². The van der Waals surface area contributed by atoms with E-state index in [4.69, 9.17) is 5.73 Å². The molecule has 0 bridgehead atoms. The van der Waals surface area contributed by atoms with E-state index in [1.54, 1.807) is 0 Å². The van der Waals surface area contributed by atoms with Crippen molar-refractivity contribution in [3.05, 3.63) is 47.8 Å². The zero-order valence-electron chi connectivity index (χ0n) is 10.7. The van der Waals surface area contributed by atoms with E-state index in [1.807, 2.05) is 10.9 Å². The molecule has 1 fully saturated rings. The van der Waals surface area contributed by atoms with Crippen LogP contribution in [0.1, 0.15) is 49.4 Å². The van der Waals surface area contributed by atoms with Crippen LogP contribution in [0.4, 0.5) is 0 Å². The van der Waals surface area contributed by atoms with Crippen molar-refractivity contribution < 1.29 is 0 Å². The fourth-order valence-corrected chi connectivity index (χ4v) is 2.19. The second-order valence-electron chi connectivity index (χ2n) is 5.07. The Morgan fingerprint density at radius 1 is 1.28 bits per heavy atom. The van der Waals surface area contributed by atoms with E-state index < -0.39 is 0 Å². The van der Waals surface area contributed by atoms with Crippen LogP contribution in [0.2, 0.25) is 0 Å². The summed E-state index contributed by atoms with van der Waals surface area (Å²) in [5, 5.41) is 4.62. The Morgan fingerprint density at radius 2 is 2.00 bits per heavy atom. The van der Waals surface area contributed by atoms with E-state index in [0.717, 1.165) is 12.1 Å². The Morgan fingerprint density at radius 3 is 2.61 bits per heavy atom. The Hall–Kier alpha value is -1.61. The van der Waals surface area contributed by atoms with Crippen molar-refractivity contribution in [2.45, 2.75) is 38.1 Å². The van der Waals surface area contributed by atoms with Crippen molar-refractivity contribution in [3.8, 4) is 5.69 Å². The quantitative estimate of drug-likeness (QED) is 0.893. The predicted molar refractivity (Wildman–Crippen MR) is 72.8 cm³/mol. The Balaban J connectivity index is 1.82. The average Bonchev–Trinajstić information content (AvgIpc) is 3.16. The zero-order valence-corrected chi connectivity index (χ0v) is 10.7. The predicted octanol–water partition coefficient (Wildman–Crippen LogP) is 3.16. The molecule has 1 atom stereocenters. The molecule has 0 radical (unpaired) electrons. The van der Waals surface area contributed by atoms with Gasteiger partial charge in [-0.05, 0) is 43.0 Å². The van der Waals surface area contributed by atoms with Crippen LogP contribution in [0, 0.1) is 0 Å². The number of aromatic nitrogens is 2. The third kappa shape index (κ3) is 2.18. The summed E-state index contributed by atoms with van der Waals surface area (Å²) >= 11 is 0. The molecular weight excluding hydrogens is 222 g/mol. The van der Waals surface area contributed by atoms with Crippen molar-refractivity contribution in [2.24, 2.45) is 5.73 Å². The summed E-state index contributed by atoms with van der Waals surface area (Å²) in [4.78, 5) is 0. The molecule has 3 rings (SSSR count). The Labute approximate surface area is 108 Å². The van der Waals surface area contributed by atoms with Gasteiger partial charge in [-0.2, -0.15) is 5.10 Å². The molecule has 18 heavy (non-hydrogen) atoms. The van der Waals surface area contributed by atoms with Crippen molar-refractivity contribution in [2.75, 3.05) is 0 Å². The summed E-state index contributed by atoms with van der Waals surface area (Å²) in [6.45, 7) is 2.11. The fourth-order valence-electron chi connectivity index (χ4n) is 2.19. The van der Waals surface area contributed by atoms with Gasteiger partial charge in [-0.3, -0.25) is 0 Å². The molecule has 0 unspecified atom stereocenters. The normalized spacial score (nSPS) is 16.8. The van der Waals surface area contributed by atoms with E-state index in [9.17, 15) is 0 Å². The molecule has 2 aromatic rings. The SMILES string of the molecule is CC[C@@H](N)c1ccc(-n2ccc(C3CC3)n2)cc1. The van der Waals surface area contributed by atoms with Gasteiger partial charge >= 0.3 is 0 Å². The Kier molecular flexibility index (Phi) is 2.92. The van der Waals surface area contributed by atoms with E-state index in [-0.39, 0.29) is 6.04 Å².